The lowest BCUT2D eigenvalue weighted by Crippen LogP contribution is -2.28. The lowest BCUT2D eigenvalue weighted by Gasteiger charge is -2.19. The van der Waals surface area contributed by atoms with Crippen LogP contribution in [0, 0.1) is 5.92 Å². The van der Waals surface area contributed by atoms with Gasteiger partial charge in [-0.2, -0.15) is 0 Å². The van der Waals surface area contributed by atoms with E-state index in [1.807, 2.05) is 25.1 Å². The van der Waals surface area contributed by atoms with Crippen molar-refractivity contribution in [1.82, 2.24) is 4.90 Å². The summed E-state index contributed by atoms with van der Waals surface area (Å²) in [5.74, 6) is 0.495. The highest BCUT2D eigenvalue weighted by molar-refractivity contribution is 6.03. The second-order valence-corrected chi connectivity index (χ2v) is 7.67. The van der Waals surface area contributed by atoms with Crippen LogP contribution in [-0.4, -0.2) is 42.5 Å². The SMILES string of the molecule is CCN(Cc1cccc(NC(=O)C2CC(=O)N(c3ccc4c(c3)OCO4)C2)c1)C(C)=O. The Kier molecular flexibility index (Phi) is 5.79. The molecule has 1 N–H and O–H groups in total. The van der Waals surface area contributed by atoms with Gasteiger partial charge in [-0.3, -0.25) is 14.4 Å². The molecule has 1 saturated heterocycles. The summed E-state index contributed by atoms with van der Waals surface area (Å²) in [6.07, 6.45) is 0.147. The van der Waals surface area contributed by atoms with Gasteiger partial charge in [-0.25, -0.2) is 0 Å². The van der Waals surface area contributed by atoms with Crippen molar-refractivity contribution in [3.05, 3.63) is 48.0 Å². The summed E-state index contributed by atoms with van der Waals surface area (Å²) < 4.78 is 10.7. The summed E-state index contributed by atoms with van der Waals surface area (Å²) in [4.78, 5) is 40.4. The number of amides is 3. The van der Waals surface area contributed by atoms with Gasteiger partial charge >= 0.3 is 0 Å². The van der Waals surface area contributed by atoms with Crippen molar-refractivity contribution >= 4 is 29.1 Å². The lowest BCUT2D eigenvalue weighted by molar-refractivity contribution is -0.129. The summed E-state index contributed by atoms with van der Waals surface area (Å²) in [5, 5.41) is 2.91. The van der Waals surface area contributed by atoms with Gasteiger partial charge in [0.1, 0.15) is 0 Å². The molecule has 1 atom stereocenters. The molecule has 2 aliphatic heterocycles. The van der Waals surface area contributed by atoms with Crippen molar-refractivity contribution in [3.63, 3.8) is 0 Å². The van der Waals surface area contributed by atoms with Crippen molar-refractivity contribution in [2.45, 2.75) is 26.8 Å². The van der Waals surface area contributed by atoms with Crippen molar-refractivity contribution in [3.8, 4) is 11.5 Å². The minimum absolute atomic E-state index is 0.00464. The Hall–Kier alpha value is -3.55. The van der Waals surface area contributed by atoms with Gasteiger partial charge < -0.3 is 24.6 Å². The largest absolute Gasteiger partial charge is 0.454 e. The van der Waals surface area contributed by atoms with E-state index in [1.54, 1.807) is 34.1 Å². The molecular formula is C23H25N3O5. The number of anilines is 2. The summed E-state index contributed by atoms with van der Waals surface area (Å²) >= 11 is 0. The number of carbonyl (C=O) groups excluding carboxylic acids is 3. The molecule has 1 unspecified atom stereocenters. The van der Waals surface area contributed by atoms with Gasteiger partial charge in [-0.1, -0.05) is 12.1 Å². The maximum Gasteiger partial charge on any atom is 0.231 e. The average molecular weight is 423 g/mol. The van der Waals surface area contributed by atoms with E-state index in [4.69, 9.17) is 9.47 Å². The van der Waals surface area contributed by atoms with Crippen LogP contribution in [0.4, 0.5) is 11.4 Å². The zero-order chi connectivity index (χ0) is 22.0. The van der Waals surface area contributed by atoms with Gasteiger partial charge in [-0.05, 0) is 36.8 Å². The highest BCUT2D eigenvalue weighted by atomic mass is 16.7. The molecule has 2 heterocycles. The van der Waals surface area contributed by atoms with E-state index in [0.29, 0.717) is 42.5 Å². The summed E-state index contributed by atoms with van der Waals surface area (Å²) in [6.45, 7) is 5.03. The predicted molar refractivity (Wildman–Crippen MR) is 115 cm³/mol. The molecule has 3 amide bonds. The number of ether oxygens (including phenoxy) is 2. The molecule has 0 bridgehead atoms. The molecule has 8 nitrogen and oxygen atoms in total. The maximum absolute atomic E-state index is 12.8. The van der Waals surface area contributed by atoms with Crippen LogP contribution < -0.4 is 19.7 Å². The molecule has 2 aromatic rings. The first-order valence-corrected chi connectivity index (χ1v) is 10.3. The summed E-state index contributed by atoms with van der Waals surface area (Å²) in [7, 11) is 0. The molecule has 2 aliphatic rings. The summed E-state index contributed by atoms with van der Waals surface area (Å²) in [5.41, 5.74) is 2.27. The fraction of sp³-hybridized carbons (Fsp3) is 0.348. The zero-order valence-corrected chi connectivity index (χ0v) is 17.6. The molecule has 0 radical (unpaired) electrons. The van der Waals surface area contributed by atoms with E-state index < -0.39 is 5.92 Å². The molecular weight excluding hydrogens is 398 g/mol. The topological polar surface area (TPSA) is 88.2 Å². The Morgan fingerprint density at radius 2 is 1.97 bits per heavy atom. The van der Waals surface area contributed by atoms with Gasteiger partial charge in [0.2, 0.25) is 24.5 Å². The lowest BCUT2D eigenvalue weighted by atomic mass is 10.1. The maximum atomic E-state index is 12.8. The van der Waals surface area contributed by atoms with Crippen LogP contribution in [0.25, 0.3) is 0 Å². The Balaban J connectivity index is 1.41. The molecule has 4 rings (SSSR count). The minimum atomic E-state index is -0.453. The van der Waals surface area contributed by atoms with Crippen molar-refractivity contribution in [1.29, 1.82) is 0 Å². The number of nitrogens with one attached hydrogen (secondary N) is 1. The van der Waals surface area contributed by atoms with Gasteiger partial charge in [0.15, 0.2) is 11.5 Å². The first kappa shape index (κ1) is 20.7. The third-order valence-electron chi connectivity index (χ3n) is 5.56. The van der Waals surface area contributed by atoms with Gasteiger partial charge in [-0.15, -0.1) is 0 Å². The predicted octanol–water partition coefficient (Wildman–Crippen LogP) is 2.78. The Morgan fingerprint density at radius 3 is 2.74 bits per heavy atom. The van der Waals surface area contributed by atoms with Crippen LogP contribution >= 0.6 is 0 Å². The number of hydrogen-bond donors (Lipinski definition) is 1. The van der Waals surface area contributed by atoms with E-state index in [2.05, 4.69) is 5.32 Å². The van der Waals surface area contributed by atoms with Gasteiger partial charge in [0.25, 0.3) is 0 Å². The fourth-order valence-corrected chi connectivity index (χ4v) is 3.84. The molecule has 2 aromatic carbocycles. The van der Waals surface area contributed by atoms with Crippen molar-refractivity contribution in [2.75, 3.05) is 30.1 Å². The van der Waals surface area contributed by atoms with Crippen molar-refractivity contribution < 1.29 is 23.9 Å². The van der Waals surface area contributed by atoms with E-state index in [1.165, 1.54) is 6.92 Å². The third-order valence-corrected chi connectivity index (χ3v) is 5.56. The minimum Gasteiger partial charge on any atom is -0.454 e. The fourth-order valence-electron chi connectivity index (χ4n) is 3.84. The third kappa shape index (κ3) is 4.47. The zero-order valence-electron chi connectivity index (χ0n) is 17.6. The van der Waals surface area contributed by atoms with Crippen LogP contribution in [0.5, 0.6) is 11.5 Å². The second-order valence-electron chi connectivity index (χ2n) is 7.67. The number of nitrogens with zero attached hydrogens (tertiary/aromatic N) is 2. The van der Waals surface area contributed by atoms with Gasteiger partial charge in [0, 0.05) is 50.4 Å². The first-order valence-electron chi connectivity index (χ1n) is 10.3. The Bertz CT molecular complexity index is 1020. The van der Waals surface area contributed by atoms with E-state index >= 15 is 0 Å². The molecule has 0 aliphatic carbocycles. The van der Waals surface area contributed by atoms with Crippen LogP contribution in [0.2, 0.25) is 0 Å². The van der Waals surface area contributed by atoms with E-state index in [9.17, 15) is 14.4 Å². The quantitative estimate of drug-likeness (QED) is 0.772. The number of benzene rings is 2. The monoisotopic (exact) mass is 423 g/mol. The highest BCUT2D eigenvalue weighted by Crippen LogP contribution is 2.37. The molecule has 0 spiro atoms. The molecule has 8 heteroatoms. The highest BCUT2D eigenvalue weighted by Gasteiger charge is 2.35. The molecule has 1 fully saturated rings. The normalized spacial score (nSPS) is 17.0. The van der Waals surface area contributed by atoms with Gasteiger partial charge in [0.05, 0.1) is 5.92 Å². The summed E-state index contributed by atoms with van der Waals surface area (Å²) in [6, 6.07) is 12.7. The Labute approximate surface area is 180 Å². The van der Waals surface area contributed by atoms with Crippen LogP contribution in [0.1, 0.15) is 25.8 Å². The van der Waals surface area contributed by atoms with Crippen molar-refractivity contribution in [2.24, 2.45) is 5.92 Å². The first-order chi connectivity index (χ1) is 14.9. The second kappa shape index (κ2) is 8.67. The number of rotatable bonds is 6. The van der Waals surface area contributed by atoms with Crippen LogP contribution in [0.15, 0.2) is 42.5 Å². The van der Waals surface area contributed by atoms with E-state index in [-0.39, 0.29) is 30.9 Å². The standard InChI is InChI=1S/C23H25N3O5/c1-3-25(15(2)27)12-16-5-4-6-18(9-16)24-23(29)17-10-22(28)26(13-17)19-7-8-20-21(11-19)31-14-30-20/h4-9,11,17H,3,10,12-14H2,1-2H3,(H,24,29). The number of fused-ring (bicyclic) bond motifs is 1. The molecule has 0 saturated carbocycles. The molecule has 0 aromatic heterocycles. The van der Waals surface area contributed by atoms with E-state index in [0.717, 1.165) is 5.56 Å². The molecule has 31 heavy (non-hydrogen) atoms. The van der Waals surface area contributed by atoms with Crippen LogP contribution in [0.3, 0.4) is 0 Å². The molecule has 162 valence electrons. The Morgan fingerprint density at radius 1 is 1.16 bits per heavy atom. The smallest absolute Gasteiger partial charge is 0.231 e. The van der Waals surface area contributed by atoms with Crippen LogP contribution in [-0.2, 0) is 20.9 Å². The number of hydrogen-bond acceptors (Lipinski definition) is 5. The average Bonchev–Trinajstić information content (AvgIpc) is 3.37. The number of carbonyl (C=O) groups is 3.